The van der Waals surface area contributed by atoms with Crippen LogP contribution in [0.25, 0.3) is 0 Å². The molecule has 0 aliphatic carbocycles. The predicted octanol–water partition coefficient (Wildman–Crippen LogP) is 4.78. The van der Waals surface area contributed by atoms with Crippen LogP contribution < -0.4 is 0 Å². The monoisotopic (exact) mass is 604 g/mol. The molecular weight excluding hydrogens is 594 g/mol. The standard InChI is InChI=1S/C9H15Br4Cl2O4P/c10-3-6(12)1-9(8(15)5-14,2-7(13)4-11)19-20(16,17)18/h6-8H,1-5H2,(H2,16,17,18). The molecule has 0 aliphatic rings. The third kappa shape index (κ3) is 8.46. The molecule has 122 valence electrons. The first-order chi connectivity index (χ1) is 9.10. The Morgan fingerprint density at radius 1 is 1.15 bits per heavy atom. The van der Waals surface area contributed by atoms with E-state index in [1.165, 1.54) is 0 Å². The van der Waals surface area contributed by atoms with Crippen molar-refractivity contribution in [3.05, 3.63) is 0 Å². The highest BCUT2D eigenvalue weighted by atomic mass is 79.9. The van der Waals surface area contributed by atoms with Gasteiger partial charge in [-0.15, -0.1) is 23.2 Å². The Morgan fingerprint density at radius 3 is 1.80 bits per heavy atom. The summed E-state index contributed by atoms with van der Waals surface area (Å²) in [5, 5.41) is 0.439. The fraction of sp³-hybridized carbons (Fsp3) is 1.00. The lowest BCUT2D eigenvalue weighted by Crippen LogP contribution is -2.46. The highest BCUT2D eigenvalue weighted by Gasteiger charge is 2.46. The van der Waals surface area contributed by atoms with Gasteiger partial charge in [0.1, 0.15) is 0 Å². The molecule has 0 heterocycles. The molecule has 0 amide bonds. The number of hydrogen-bond donors (Lipinski definition) is 2. The van der Waals surface area contributed by atoms with E-state index in [2.05, 4.69) is 63.7 Å². The van der Waals surface area contributed by atoms with Crippen molar-refractivity contribution in [1.82, 2.24) is 0 Å². The van der Waals surface area contributed by atoms with Crippen molar-refractivity contribution in [1.29, 1.82) is 0 Å². The summed E-state index contributed by atoms with van der Waals surface area (Å²) in [5.74, 6) is 0.0194. The van der Waals surface area contributed by atoms with Crippen LogP contribution in [0.2, 0.25) is 0 Å². The van der Waals surface area contributed by atoms with Gasteiger partial charge in [0.25, 0.3) is 0 Å². The predicted molar refractivity (Wildman–Crippen MR) is 98.5 cm³/mol. The Hall–Kier alpha value is 2.61. The number of alkyl halides is 6. The molecule has 0 aromatic heterocycles. The van der Waals surface area contributed by atoms with Gasteiger partial charge in [0.15, 0.2) is 0 Å². The van der Waals surface area contributed by atoms with Crippen LogP contribution in [0.1, 0.15) is 12.8 Å². The lowest BCUT2D eigenvalue weighted by Gasteiger charge is -2.39. The zero-order valence-corrected chi connectivity index (χ0v) is 18.9. The number of halogens is 6. The van der Waals surface area contributed by atoms with E-state index in [1.54, 1.807) is 0 Å². The van der Waals surface area contributed by atoms with Crippen LogP contribution in [-0.4, -0.2) is 47.0 Å². The summed E-state index contributed by atoms with van der Waals surface area (Å²) in [6.07, 6.45) is 0.610. The van der Waals surface area contributed by atoms with Crippen molar-refractivity contribution in [3.63, 3.8) is 0 Å². The quantitative estimate of drug-likeness (QED) is 0.277. The van der Waals surface area contributed by atoms with Crippen LogP contribution in [0.4, 0.5) is 0 Å². The number of hydrogen-bond acceptors (Lipinski definition) is 2. The molecule has 0 fully saturated rings. The van der Waals surface area contributed by atoms with E-state index in [9.17, 15) is 14.4 Å². The zero-order valence-electron chi connectivity index (χ0n) is 10.2. The third-order valence-electron chi connectivity index (χ3n) is 2.48. The summed E-state index contributed by atoms with van der Waals surface area (Å²) >= 11 is 25.5. The van der Waals surface area contributed by atoms with E-state index in [1.807, 2.05) is 0 Å². The Balaban J connectivity index is 5.43. The molecule has 0 bridgehead atoms. The topological polar surface area (TPSA) is 66.8 Å². The van der Waals surface area contributed by atoms with E-state index in [0.29, 0.717) is 23.5 Å². The number of phosphoric ester groups is 1. The molecule has 0 saturated heterocycles. The average molecular weight is 609 g/mol. The van der Waals surface area contributed by atoms with Gasteiger partial charge in [-0.05, 0) is 12.8 Å². The molecule has 0 rings (SSSR count). The van der Waals surface area contributed by atoms with Gasteiger partial charge >= 0.3 is 7.82 Å². The average Bonchev–Trinajstić information content (AvgIpc) is 2.34. The number of phosphoric acid groups is 1. The van der Waals surface area contributed by atoms with Crippen molar-refractivity contribution in [3.8, 4) is 0 Å². The highest BCUT2D eigenvalue weighted by molar-refractivity contribution is 9.12. The summed E-state index contributed by atoms with van der Waals surface area (Å²) in [6, 6.07) is 0. The first kappa shape index (κ1) is 22.6. The van der Waals surface area contributed by atoms with Crippen LogP contribution in [0.3, 0.4) is 0 Å². The molecule has 0 radical (unpaired) electrons. The highest BCUT2D eigenvalue weighted by Crippen LogP contribution is 2.49. The fourth-order valence-corrected chi connectivity index (χ4v) is 4.58. The molecule has 0 spiro atoms. The van der Waals surface area contributed by atoms with Gasteiger partial charge in [-0.25, -0.2) is 4.57 Å². The van der Waals surface area contributed by atoms with E-state index in [-0.39, 0.29) is 15.5 Å². The molecule has 3 atom stereocenters. The second-order valence-electron chi connectivity index (χ2n) is 4.18. The van der Waals surface area contributed by atoms with E-state index in [4.69, 9.17) is 27.7 Å². The third-order valence-corrected chi connectivity index (χ3v) is 8.69. The van der Waals surface area contributed by atoms with Crippen LogP contribution in [0.15, 0.2) is 0 Å². The molecule has 0 saturated carbocycles. The molecule has 20 heavy (non-hydrogen) atoms. The number of rotatable bonds is 10. The smallest absolute Gasteiger partial charge is 0.303 e. The van der Waals surface area contributed by atoms with E-state index < -0.39 is 18.8 Å². The second kappa shape index (κ2) is 10.5. The summed E-state index contributed by atoms with van der Waals surface area (Å²) in [4.78, 5) is 18.3. The van der Waals surface area contributed by atoms with Gasteiger partial charge in [0, 0.05) is 26.2 Å². The first-order valence-electron chi connectivity index (χ1n) is 5.46. The van der Waals surface area contributed by atoms with Gasteiger partial charge in [0.2, 0.25) is 0 Å². The van der Waals surface area contributed by atoms with E-state index in [0.717, 1.165) is 0 Å². The molecule has 11 heteroatoms. The van der Waals surface area contributed by atoms with Gasteiger partial charge in [-0.2, -0.15) is 0 Å². The van der Waals surface area contributed by atoms with Crippen molar-refractivity contribution in [2.24, 2.45) is 0 Å². The van der Waals surface area contributed by atoms with Crippen molar-refractivity contribution >= 4 is 94.7 Å². The first-order valence-corrected chi connectivity index (χ1v) is 12.0. The van der Waals surface area contributed by atoms with E-state index >= 15 is 0 Å². The maximum Gasteiger partial charge on any atom is 0.470 e. The summed E-state index contributed by atoms with van der Waals surface area (Å²) in [7, 11) is -4.70. The molecular formula is C9H15Br4Cl2O4P. The second-order valence-corrected chi connectivity index (χ2v) is 10.1. The van der Waals surface area contributed by atoms with Crippen molar-refractivity contribution < 1.29 is 18.9 Å². The van der Waals surface area contributed by atoms with Crippen LogP contribution in [0, 0.1) is 0 Å². The zero-order chi connectivity index (χ0) is 16.0. The minimum absolute atomic E-state index is 0.0194. The molecule has 4 nitrogen and oxygen atoms in total. The van der Waals surface area contributed by atoms with Crippen molar-refractivity contribution in [2.45, 2.75) is 33.5 Å². The molecule has 2 N–H and O–H groups in total. The van der Waals surface area contributed by atoms with Crippen LogP contribution in [0.5, 0.6) is 0 Å². The van der Waals surface area contributed by atoms with Crippen molar-refractivity contribution in [2.75, 3.05) is 16.5 Å². The Labute approximate surface area is 162 Å². The summed E-state index contributed by atoms with van der Waals surface area (Å²) < 4.78 is 16.4. The lowest BCUT2D eigenvalue weighted by atomic mass is 9.89. The van der Waals surface area contributed by atoms with Gasteiger partial charge in [0.05, 0.1) is 11.0 Å². The minimum atomic E-state index is -4.70. The molecule has 0 aromatic rings. The van der Waals surface area contributed by atoms with Crippen LogP contribution in [-0.2, 0) is 9.09 Å². The Morgan fingerprint density at radius 2 is 1.55 bits per heavy atom. The molecule has 0 aliphatic heterocycles. The summed E-state index contributed by atoms with van der Waals surface area (Å²) in [6.45, 7) is 0. The SMILES string of the molecule is O=P(O)(O)OC(CC(Br)CBr)(CC(Br)CBr)C(Cl)CCl. The van der Waals surface area contributed by atoms with Crippen LogP contribution >= 0.6 is 94.7 Å². The Kier molecular flexibility index (Phi) is 11.8. The largest absolute Gasteiger partial charge is 0.470 e. The Bertz CT molecular complexity index is 321. The lowest BCUT2D eigenvalue weighted by molar-refractivity contribution is 0.0217. The maximum atomic E-state index is 11.3. The van der Waals surface area contributed by atoms with Gasteiger partial charge in [-0.1, -0.05) is 63.7 Å². The summed E-state index contributed by atoms with van der Waals surface area (Å²) in [5.41, 5.74) is -1.24. The molecule has 0 aromatic carbocycles. The van der Waals surface area contributed by atoms with Gasteiger partial charge in [-0.3, -0.25) is 4.52 Å². The molecule has 3 unspecified atom stereocenters. The normalized spacial score (nSPS) is 20.2. The minimum Gasteiger partial charge on any atom is -0.303 e. The maximum absolute atomic E-state index is 11.3. The fourth-order valence-electron chi connectivity index (χ4n) is 1.71. The van der Waals surface area contributed by atoms with Gasteiger partial charge < -0.3 is 9.79 Å².